The number of aromatic amines is 1. The maximum Gasteiger partial charge on any atom is 0.270 e. The maximum atomic E-state index is 12.9. The number of benzene rings is 1. The molecule has 1 aromatic heterocycles. The minimum atomic E-state index is -0.253. The summed E-state index contributed by atoms with van der Waals surface area (Å²) in [4.78, 5) is 29.0. The molecule has 1 fully saturated rings. The first-order chi connectivity index (χ1) is 11.7. The zero-order valence-electron chi connectivity index (χ0n) is 13.8. The highest BCUT2D eigenvalue weighted by atomic mass is 16.5. The smallest absolute Gasteiger partial charge is 0.270 e. The Kier molecular flexibility index (Phi) is 4.99. The molecule has 5 nitrogen and oxygen atoms in total. The summed E-state index contributed by atoms with van der Waals surface area (Å²) in [5, 5.41) is 0. The van der Waals surface area contributed by atoms with Gasteiger partial charge < -0.3 is 14.6 Å². The first-order valence-electron chi connectivity index (χ1n) is 8.33. The molecule has 1 amide bonds. The first kappa shape index (κ1) is 16.3. The summed E-state index contributed by atoms with van der Waals surface area (Å²) in [6, 6.07) is 12.6. The van der Waals surface area contributed by atoms with Gasteiger partial charge in [-0.3, -0.25) is 9.59 Å². The summed E-state index contributed by atoms with van der Waals surface area (Å²) in [6.45, 7) is 0.701. The number of likely N-dealkylation sites (tertiary alicyclic amines) is 1. The van der Waals surface area contributed by atoms with E-state index in [0.29, 0.717) is 12.2 Å². The fraction of sp³-hybridized carbons (Fsp3) is 0.368. The molecule has 1 atom stereocenters. The van der Waals surface area contributed by atoms with Crippen molar-refractivity contribution >= 4 is 5.91 Å². The second kappa shape index (κ2) is 7.34. The number of carbonyl (C=O) groups is 1. The van der Waals surface area contributed by atoms with Gasteiger partial charge in [-0.05, 0) is 36.6 Å². The third-order valence-corrected chi connectivity index (χ3v) is 4.51. The van der Waals surface area contributed by atoms with Crippen LogP contribution in [0.25, 0.3) is 0 Å². The van der Waals surface area contributed by atoms with Crippen LogP contribution in [0.15, 0.2) is 47.3 Å². The lowest BCUT2D eigenvalue weighted by molar-refractivity contribution is 0.0674. The molecule has 1 aromatic carbocycles. The summed E-state index contributed by atoms with van der Waals surface area (Å²) in [7, 11) is 1.64. The van der Waals surface area contributed by atoms with Gasteiger partial charge in [-0.2, -0.15) is 0 Å². The third-order valence-electron chi connectivity index (χ3n) is 4.51. The molecular formula is C19H22N2O3. The molecule has 0 radical (unpaired) electrons. The Labute approximate surface area is 141 Å². The standard InChI is InChI=1S/C19H22N2O3/c1-24-15-11-9-14(10-12-15)17-7-3-2-4-13-21(17)19(23)16-6-5-8-18(22)20-16/h5-6,8-12,17H,2-4,7,13H2,1H3,(H,20,22)/t17-/m1/s1. The molecule has 5 heteroatoms. The Bertz CT molecular complexity index is 752. The molecule has 24 heavy (non-hydrogen) atoms. The monoisotopic (exact) mass is 326 g/mol. The van der Waals surface area contributed by atoms with E-state index in [-0.39, 0.29) is 17.5 Å². The molecule has 2 aromatic rings. The van der Waals surface area contributed by atoms with Gasteiger partial charge in [-0.1, -0.05) is 31.0 Å². The van der Waals surface area contributed by atoms with E-state index >= 15 is 0 Å². The van der Waals surface area contributed by atoms with Crippen LogP contribution in [-0.4, -0.2) is 29.4 Å². The van der Waals surface area contributed by atoms with Crippen molar-refractivity contribution in [1.29, 1.82) is 0 Å². The number of aromatic nitrogens is 1. The van der Waals surface area contributed by atoms with Crippen LogP contribution < -0.4 is 10.3 Å². The summed E-state index contributed by atoms with van der Waals surface area (Å²) in [6.07, 6.45) is 4.11. The van der Waals surface area contributed by atoms with Gasteiger partial charge in [0, 0.05) is 12.6 Å². The van der Waals surface area contributed by atoms with Crippen LogP contribution in [0.2, 0.25) is 0 Å². The Hall–Kier alpha value is -2.56. The van der Waals surface area contributed by atoms with Crippen LogP contribution in [0.1, 0.15) is 47.8 Å². The number of hydrogen-bond donors (Lipinski definition) is 1. The molecule has 3 rings (SSSR count). The molecule has 0 saturated carbocycles. The van der Waals surface area contributed by atoms with Crippen molar-refractivity contribution in [3.05, 3.63) is 64.1 Å². The highest BCUT2D eigenvalue weighted by molar-refractivity contribution is 5.92. The van der Waals surface area contributed by atoms with Gasteiger partial charge in [-0.25, -0.2) is 0 Å². The van der Waals surface area contributed by atoms with E-state index in [1.54, 1.807) is 19.2 Å². The molecule has 1 aliphatic heterocycles. The van der Waals surface area contributed by atoms with E-state index in [1.165, 1.54) is 6.07 Å². The van der Waals surface area contributed by atoms with Crippen LogP contribution in [0.5, 0.6) is 5.75 Å². The van der Waals surface area contributed by atoms with Crippen molar-refractivity contribution in [2.75, 3.05) is 13.7 Å². The van der Waals surface area contributed by atoms with Gasteiger partial charge >= 0.3 is 0 Å². The number of pyridine rings is 1. The molecule has 0 aliphatic carbocycles. The Morgan fingerprint density at radius 1 is 1.12 bits per heavy atom. The van der Waals surface area contributed by atoms with Gasteiger partial charge in [0.2, 0.25) is 5.56 Å². The minimum Gasteiger partial charge on any atom is -0.497 e. The number of H-pyrrole nitrogens is 1. The average Bonchev–Trinajstić information content (AvgIpc) is 2.87. The molecule has 1 saturated heterocycles. The van der Waals surface area contributed by atoms with E-state index in [0.717, 1.165) is 37.0 Å². The van der Waals surface area contributed by atoms with Gasteiger partial charge in [0.05, 0.1) is 13.2 Å². The number of nitrogens with zero attached hydrogens (tertiary/aromatic N) is 1. The summed E-state index contributed by atoms with van der Waals surface area (Å²) < 4.78 is 5.22. The van der Waals surface area contributed by atoms with Gasteiger partial charge in [-0.15, -0.1) is 0 Å². The molecular weight excluding hydrogens is 304 g/mol. The van der Waals surface area contributed by atoms with Crippen molar-refractivity contribution in [2.24, 2.45) is 0 Å². The SMILES string of the molecule is COc1ccc([C@H]2CCCCCN2C(=O)c2cccc(=O)[nH]2)cc1. The quantitative estimate of drug-likeness (QED) is 0.942. The van der Waals surface area contributed by atoms with E-state index < -0.39 is 0 Å². The number of rotatable bonds is 3. The third kappa shape index (κ3) is 3.50. The molecule has 1 N–H and O–H groups in total. The maximum absolute atomic E-state index is 12.9. The number of carbonyl (C=O) groups excluding carboxylic acids is 1. The van der Waals surface area contributed by atoms with Gasteiger partial charge in [0.25, 0.3) is 5.91 Å². The first-order valence-corrected chi connectivity index (χ1v) is 8.33. The molecule has 2 heterocycles. The van der Waals surface area contributed by atoms with Crippen LogP contribution in [0.3, 0.4) is 0 Å². The van der Waals surface area contributed by atoms with Crippen molar-refractivity contribution < 1.29 is 9.53 Å². The second-order valence-corrected chi connectivity index (χ2v) is 6.07. The van der Waals surface area contributed by atoms with E-state index in [9.17, 15) is 9.59 Å². The number of amides is 1. The van der Waals surface area contributed by atoms with E-state index in [2.05, 4.69) is 4.98 Å². The number of hydrogen-bond acceptors (Lipinski definition) is 3. The normalized spacial score (nSPS) is 18.0. The summed E-state index contributed by atoms with van der Waals surface area (Å²) in [5.41, 5.74) is 1.20. The van der Waals surface area contributed by atoms with Crippen molar-refractivity contribution in [3.63, 3.8) is 0 Å². The van der Waals surface area contributed by atoms with Crippen molar-refractivity contribution in [2.45, 2.75) is 31.7 Å². The minimum absolute atomic E-state index is 0.0228. The summed E-state index contributed by atoms with van der Waals surface area (Å²) in [5.74, 6) is 0.688. The topological polar surface area (TPSA) is 62.4 Å². The van der Waals surface area contributed by atoms with E-state index in [4.69, 9.17) is 4.74 Å². The predicted octanol–water partition coefficient (Wildman–Crippen LogP) is 3.14. The Morgan fingerprint density at radius 3 is 2.62 bits per heavy atom. The predicted molar refractivity (Wildman–Crippen MR) is 92.3 cm³/mol. The van der Waals surface area contributed by atoms with Crippen LogP contribution >= 0.6 is 0 Å². The lowest BCUT2D eigenvalue weighted by atomic mass is 10.0. The van der Waals surface area contributed by atoms with Crippen molar-refractivity contribution in [1.82, 2.24) is 9.88 Å². The number of ether oxygens (including phenoxy) is 1. The van der Waals surface area contributed by atoms with Crippen LogP contribution in [0, 0.1) is 0 Å². The van der Waals surface area contributed by atoms with E-state index in [1.807, 2.05) is 29.2 Å². The molecule has 0 spiro atoms. The van der Waals surface area contributed by atoms with Gasteiger partial charge in [0.15, 0.2) is 0 Å². The fourth-order valence-electron chi connectivity index (χ4n) is 3.25. The molecule has 126 valence electrons. The summed E-state index contributed by atoms with van der Waals surface area (Å²) >= 11 is 0. The molecule has 0 unspecified atom stereocenters. The number of nitrogens with one attached hydrogen (secondary N) is 1. The number of methoxy groups -OCH3 is 1. The van der Waals surface area contributed by atoms with Crippen LogP contribution in [-0.2, 0) is 0 Å². The fourth-order valence-corrected chi connectivity index (χ4v) is 3.25. The average molecular weight is 326 g/mol. The molecule has 1 aliphatic rings. The highest BCUT2D eigenvalue weighted by Crippen LogP contribution is 2.32. The zero-order chi connectivity index (χ0) is 16.9. The molecule has 0 bridgehead atoms. The highest BCUT2D eigenvalue weighted by Gasteiger charge is 2.28. The largest absolute Gasteiger partial charge is 0.497 e. The zero-order valence-corrected chi connectivity index (χ0v) is 13.8. The van der Waals surface area contributed by atoms with Crippen LogP contribution in [0.4, 0.5) is 0 Å². The lowest BCUT2D eigenvalue weighted by Crippen LogP contribution is -2.36. The second-order valence-electron chi connectivity index (χ2n) is 6.07. The Balaban J connectivity index is 1.92. The van der Waals surface area contributed by atoms with Gasteiger partial charge in [0.1, 0.15) is 11.4 Å². The lowest BCUT2D eigenvalue weighted by Gasteiger charge is -2.30. The Morgan fingerprint density at radius 2 is 1.92 bits per heavy atom. The van der Waals surface area contributed by atoms with Crippen molar-refractivity contribution in [3.8, 4) is 5.75 Å².